The van der Waals surface area contributed by atoms with E-state index in [4.69, 9.17) is 14.2 Å². The molecule has 0 saturated heterocycles. The number of fused-ring (bicyclic) bond motifs is 1. The van der Waals surface area contributed by atoms with E-state index in [0.717, 1.165) is 10.8 Å². The third-order valence-electron chi connectivity index (χ3n) is 4.96. The fraction of sp³-hybridized carbons (Fsp3) is 0.0741. The summed E-state index contributed by atoms with van der Waals surface area (Å²) in [6.45, 7) is -0.184. The number of hydrogen-bond acceptors (Lipinski definition) is 6. The van der Waals surface area contributed by atoms with Crippen LogP contribution in [0.25, 0.3) is 10.8 Å². The third kappa shape index (κ3) is 5.58. The van der Waals surface area contributed by atoms with Gasteiger partial charge in [0.1, 0.15) is 17.2 Å². The van der Waals surface area contributed by atoms with E-state index < -0.39 is 11.9 Å². The van der Waals surface area contributed by atoms with Crippen molar-refractivity contribution in [2.45, 2.75) is 0 Å². The first-order valence-electron chi connectivity index (χ1n) is 10.5. The molecule has 1 amide bonds. The van der Waals surface area contributed by atoms with Crippen molar-refractivity contribution in [1.29, 1.82) is 0 Å². The Kier molecular flexibility index (Phi) is 7.15. The lowest BCUT2D eigenvalue weighted by Crippen LogP contribution is -2.24. The minimum absolute atomic E-state index is 0.184. The number of nitrogens with one attached hydrogen (secondary N) is 1. The van der Waals surface area contributed by atoms with Gasteiger partial charge in [0, 0.05) is 5.56 Å². The van der Waals surface area contributed by atoms with E-state index in [1.165, 1.54) is 6.21 Å². The van der Waals surface area contributed by atoms with Crippen LogP contribution < -0.4 is 19.6 Å². The second kappa shape index (κ2) is 10.8. The predicted octanol–water partition coefficient (Wildman–Crippen LogP) is 4.60. The van der Waals surface area contributed by atoms with Gasteiger partial charge in [0.05, 0.1) is 18.9 Å². The molecular weight excluding hydrogens is 432 g/mol. The van der Waals surface area contributed by atoms with Gasteiger partial charge >= 0.3 is 5.97 Å². The van der Waals surface area contributed by atoms with Gasteiger partial charge in [0.25, 0.3) is 5.91 Å². The molecule has 34 heavy (non-hydrogen) atoms. The van der Waals surface area contributed by atoms with Crippen molar-refractivity contribution in [1.82, 2.24) is 5.43 Å². The predicted molar refractivity (Wildman–Crippen MR) is 130 cm³/mol. The molecule has 0 saturated carbocycles. The highest BCUT2D eigenvalue weighted by Crippen LogP contribution is 2.27. The Labute approximate surface area is 196 Å². The van der Waals surface area contributed by atoms with E-state index in [2.05, 4.69) is 10.5 Å². The summed E-state index contributed by atoms with van der Waals surface area (Å²) in [6, 6.07) is 26.8. The van der Waals surface area contributed by atoms with Crippen LogP contribution in [-0.4, -0.2) is 31.8 Å². The third-order valence-corrected chi connectivity index (χ3v) is 4.96. The average molecular weight is 454 g/mol. The van der Waals surface area contributed by atoms with Crippen molar-refractivity contribution in [3.05, 3.63) is 102 Å². The Bertz CT molecular complexity index is 1320. The van der Waals surface area contributed by atoms with Crippen molar-refractivity contribution in [3.8, 4) is 17.2 Å². The van der Waals surface area contributed by atoms with Gasteiger partial charge in [-0.3, -0.25) is 4.79 Å². The molecule has 0 aliphatic rings. The van der Waals surface area contributed by atoms with Crippen molar-refractivity contribution >= 4 is 28.9 Å². The number of benzene rings is 4. The summed E-state index contributed by atoms with van der Waals surface area (Å²) < 4.78 is 16.2. The minimum Gasteiger partial charge on any atom is -0.497 e. The molecule has 0 radical (unpaired) electrons. The van der Waals surface area contributed by atoms with Crippen molar-refractivity contribution in [3.63, 3.8) is 0 Å². The zero-order valence-electron chi connectivity index (χ0n) is 18.4. The Hall–Kier alpha value is -4.65. The second-order valence-corrected chi connectivity index (χ2v) is 7.21. The number of carbonyl (C=O) groups excluding carboxylic acids is 2. The van der Waals surface area contributed by atoms with Gasteiger partial charge in [0.15, 0.2) is 6.61 Å². The van der Waals surface area contributed by atoms with Crippen LogP contribution in [0, 0.1) is 0 Å². The van der Waals surface area contributed by atoms with Crippen LogP contribution in [0.3, 0.4) is 0 Å². The maximum absolute atomic E-state index is 12.7. The van der Waals surface area contributed by atoms with Crippen LogP contribution in [0.5, 0.6) is 17.2 Å². The molecular formula is C27H22N2O5. The molecule has 0 atom stereocenters. The van der Waals surface area contributed by atoms with E-state index in [0.29, 0.717) is 28.4 Å². The Morgan fingerprint density at radius 2 is 1.59 bits per heavy atom. The van der Waals surface area contributed by atoms with Crippen LogP contribution >= 0.6 is 0 Å². The highest BCUT2D eigenvalue weighted by Gasteiger charge is 2.14. The number of methoxy groups -OCH3 is 1. The second-order valence-electron chi connectivity index (χ2n) is 7.21. The van der Waals surface area contributed by atoms with Gasteiger partial charge in [-0.25, -0.2) is 10.2 Å². The van der Waals surface area contributed by atoms with E-state index in [1.54, 1.807) is 49.6 Å². The summed E-state index contributed by atoms with van der Waals surface area (Å²) in [6.07, 6.45) is 1.46. The van der Waals surface area contributed by atoms with Crippen LogP contribution in [0.4, 0.5) is 0 Å². The van der Waals surface area contributed by atoms with E-state index in [1.807, 2.05) is 48.5 Å². The van der Waals surface area contributed by atoms with Crippen molar-refractivity contribution in [2.75, 3.05) is 13.7 Å². The zero-order valence-corrected chi connectivity index (χ0v) is 18.4. The highest BCUT2D eigenvalue weighted by molar-refractivity contribution is 6.04. The summed E-state index contributed by atoms with van der Waals surface area (Å²) in [5.41, 5.74) is 3.38. The van der Waals surface area contributed by atoms with E-state index in [9.17, 15) is 9.59 Å². The summed E-state index contributed by atoms with van der Waals surface area (Å²) in [5.74, 6) is 0.605. The first-order chi connectivity index (χ1) is 16.6. The molecule has 4 aromatic rings. The first-order valence-corrected chi connectivity index (χ1v) is 10.5. The first kappa shape index (κ1) is 22.5. The number of carbonyl (C=O) groups is 2. The molecule has 0 bridgehead atoms. The molecule has 0 aliphatic heterocycles. The lowest BCUT2D eigenvalue weighted by atomic mass is 10.0. The number of esters is 1. The van der Waals surface area contributed by atoms with Gasteiger partial charge in [-0.2, -0.15) is 5.10 Å². The monoisotopic (exact) mass is 454 g/mol. The lowest BCUT2D eigenvalue weighted by molar-refractivity contribution is -0.123. The highest BCUT2D eigenvalue weighted by atomic mass is 16.5. The normalized spacial score (nSPS) is 10.7. The molecule has 1 N–H and O–H groups in total. The molecule has 0 spiro atoms. The van der Waals surface area contributed by atoms with Gasteiger partial charge in [0.2, 0.25) is 0 Å². The molecule has 0 unspecified atom stereocenters. The number of hydrogen-bond donors (Lipinski definition) is 1. The molecule has 4 rings (SSSR count). The van der Waals surface area contributed by atoms with Crippen molar-refractivity contribution in [2.24, 2.45) is 5.10 Å². The Morgan fingerprint density at radius 1 is 0.853 bits per heavy atom. The fourth-order valence-corrected chi connectivity index (χ4v) is 3.25. The maximum Gasteiger partial charge on any atom is 0.343 e. The molecule has 0 heterocycles. The average Bonchev–Trinajstić information content (AvgIpc) is 2.89. The van der Waals surface area contributed by atoms with Gasteiger partial charge in [-0.05, 0) is 53.2 Å². The molecule has 7 heteroatoms. The fourth-order valence-electron chi connectivity index (χ4n) is 3.25. The zero-order chi connectivity index (χ0) is 23.8. The number of rotatable bonds is 8. The topological polar surface area (TPSA) is 86.2 Å². The molecule has 170 valence electrons. The number of hydrazone groups is 1. The molecule has 0 aliphatic carbocycles. The van der Waals surface area contributed by atoms with E-state index >= 15 is 0 Å². The van der Waals surface area contributed by atoms with Crippen LogP contribution in [0.15, 0.2) is 96.1 Å². The quantitative estimate of drug-likeness (QED) is 0.182. The number of ether oxygens (including phenoxy) is 3. The molecule has 0 fully saturated rings. The lowest BCUT2D eigenvalue weighted by Gasteiger charge is -2.11. The van der Waals surface area contributed by atoms with Crippen LogP contribution in [0.1, 0.15) is 15.9 Å². The van der Waals surface area contributed by atoms with Crippen LogP contribution in [-0.2, 0) is 4.79 Å². The standard InChI is InChI=1S/C27H22N2O5/c1-32-21-14-11-20(12-15-21)27(31)34-25-16-13-19-7-5-6-10-23(19)24(25)17-28-29-26(30)18-33-22-8-3-2-4-9-22/h2-17H,18H2,1H3,(H,29,30)/b28-17+. The van der Waals surface area contributed by atoms with Gasteiger partial charge < -0.3 is 14.2 Å². The summed E-state index contributed by atoms with van der Waals surface area (Å²) in [5, 5.41) is 5.81. The largest absolute Gasteiger partial charge is 0.497 e. The summed E-state index contributed by atoms with van der Waals surface area (Å²) >= 11 is 0. The van der Waals surface area contributed by atoms with Gasteiger partial charge in [-0.15, -0.1) is 0 Å². The number of amides is 1. The SMILES string of the molecule is COc1ccc(C(=O)Oc2ccc3ccccc3c2/C=N/NC(=O)COc2ccccc2)cc1. The maximum atomic E-state index is 12.7. The molecule has 0 aromatic heterocycles. The van der Waals surface area contributed by atoms with E-state index in [-0.39, 0.29) is 6.61 Å². The van der Waals surface area contributed by atoms with Crippen LogP contribution in [0.2, 0.25) is 0 Å². The summed E-state index contributed by atoms with van der Waals surface area (Å²) in [4.78, 5) is 24.8. The van der Waals surface area contributed by atoms with Crippen molar-refractivity contribution < 1.29 is 23.8 Å². The Balaban J connectivity index is 1.51. The number of para-hydroxylation sites is 1. The molecule has 4 aromatic carbocycles. The molecule has 7 nitrogen and oxygen atoms in total. The smallest absolute Gasteiger partial charge is 0.343 e. The Morgan fingerprint density at radius 3 is 2.35 bits per heavy atom. The van der Waals surface area contributed by atoms with Gasteiger partial charge in [-0.1, -0.05) is 48.5 Å². The minimum atomic E-state index is -0.520. The number of nitrogens with zero attached hydrogens (tertiary/aromatic N) is 1. The summed E-state index contributed by atoms with van der Waals surface area (Å²) in [7, 11) is 1.56.